The molecular formula is C16H22N2OS. The molecule has 3 nitrogen and oxygen atoms in total. The molecule has 2 aromatic heterocycles. The smallest absolute Gasteiger partial charge is 0.0809 e. The van der Waals surface area contributed by atoms with Crippen LogP contribution in [-0.2, 0) is 0 Å². The molecule has 2 heterocycles. The van der Waals surface area contributed by atoms with Gasteiger partial charge in [-0.1, -0.05) is 19.3 Å². The second-order valence-electron chi connectivity index (χ2n) is 5.77. The van der Waals surface area contributed by atoms with Gasteiger partial charge in [-0.15, -0.1) is 11.3 Å². The summed E-state index contributed by atoms with van der Waals surface area (Å²) in [7, 11) is 0. The molecule has 1 saturated carbocycles. The Hall–Kier alpha value is -0.970. The third kappa shape index (κ3) is 3.03. The molecule has 0 spiro atoms. The van der Waals surface area contributed by atoms with Gasteiger partial charge >= 0.3 is 0 Å². The standard InChI is InChI=1S/C16H22N2OS/c1-11(18-13-5-3-2-4-6-15(13)19)12-9-16-14(17-10-12)7-8-20-16/h7-11,13,15,18-19H,2-6H2,1H3. The van der Waals surface area contributed by atoms with Gasteiger partial charge < -0.3 is 10.4 Å². The summed E-state index contributed by atoms with van der Waals surface area (Å²) in [6, 6.07) is 4.71. The maximum absolute atomic E-state index is 10.2. The Morgan fingerprint density at radius 3 is 3.10 bits per heavy atom. The van der Waals surface area contributed by atoms with Crippen LogP contribution in [0, 0.1) is 0 Å². The fourth-order valence-corrected chi connectivity index (χ4v) is 3.79. The van der Waals surface area contributed by atoms with Crippen molar-refractivity contribution in [3.63, 3.8) is 0 Å². The van der Waals surface area contributed by atoms with Crippen LogP contribution < -0.4 is 5.32 Å². The van der Waals surface area contributed by atoms with E-state index in [-0.39, 0.29) is 18.2 Å². The van der Waals surface area contributed by atoms with Crippen molar-refractivity contribution in [2.24, 2.45) is 0 Å². The topological polar surface area (TPSA) is 45.1 Å². The number of thiophene rings is 1. The van der Waals surface area contributed by atoms with Crippen LogP contribution in [0.2, 0.25) is 0 Å². The highest BCUT2D eigenvalue weighted by Crippen LogP contribution is 2.25. The van der Waals surface area contributed by atoms with Gasteiger partial charge in [0, 0.05) is 18.3 Å². The first-order valence-electron chi connectivity index (χ1n) is 7.51. The van der Waals surface area contributed by atoms with Crippen molar-refractivity contribution in [1.29, 1.82) is 0 Å². The molecule has 1 aliphatic carbocycles. The molecule has 108 valence electrons. The van der Waals surface area contributed by atoms with Crippen LogP contribution in [-0.4, -0.2) is 22.2 Å². The zero-order chi connectivity index (χ0) is 13.9. The van der Waals surface area contributed by atoms with Gasteiger partial charge in [0.05, 0.1) is 16.3 Å². The molecule has 3 unspecified atom stereocenters. The van der Waals surface area contributed by atoms with E-state index in [9.17, 15) is 5.11 Å². The number of hydrogen-bond acceptors (Lipinski definition) is 4. The normalized spacial score (nSPS) is 25.5. The Labute approximate surface area is 124 Å². The Morgan fingerprint density at radius 1 is 1.35 bits per heavy atom. The summed E-state index contributed by atoms with van der Waals surface area (Å²) in [6.07, 6.45) is 7.34. The van der Waals surface area contributed by atoms with E-state index in [1.807, 2.05) is 6.20 Å². The van der Waals surface area contributed by atoms with Gasteiger partial charge in [0.25, 0.3) is 0 Å². The van der Waals surface area contributed by atoms with E-state index in [0.717, 1.165) is 24.8 Å². The molecule has 0 aliphatic heterocycles. The van der Waals surface area contributed by atoms with Crippen LogP contribution in [0.1, 0.15) is 50.6 Å². The van der Waals surface area contributed by atoms with Crippen molar-refractivity contribution in [3.8, 4) is 0 Å². The minimum Gasteiger partial charge on any atom is -0.392 e. The van der Waals surface area contributed by atoms with E-state index in [2.05, 4.69) is 34.7 Å². The molecule has 2 N–H and O–H groups in total. The molecule has 0 radical (unpaired) electrons. The second kappa shape index (κ2) is 6.20. The lowest BCUT2D eigenvalue weighted by atomic mass is 10.0. The van der Waals surface area contributed by atoms with Crippen molar-refractivity contribution in [2.75, 3.05) is 0 Å². The van der Waals surface area contributed by atoms with Gasteiger partial charge in [-0.25, -0.2) is 0 Å². The van der Waals surface area contributed by atoms with Crippen LogP contribution in [0.3, 0.4) is 0 Å². The Morgan fingerprint density at radius 2 is 2.20 bits per heavy atom. The molecule has 20 heavy (non-hydrogen) atoms. The molecule has 2 aromatic rings. The van der Waals surface area contributed by atoms with Crippen LogP contribution >= 0.6 is 11.3 Å². The third-order valence-electron chi connectivity index (χ3n) is 4.27. The number of nitrogens with zero attached hydrogens (tertiary/aromatic N) is 1. The molecule has 0 saturated heterocycles. The number of fused-ring (bicyclic) bond motifs is 1. The van der Waals surface area contributed by atoms with Crippen molar-refractivity contribution < 1.29 is 5.11 Å². The summed E-state index contributed by atoms with van der Waals surface area (Å²) in [5.74, 6) is 0. The van der Waals surface area contributed by atoms with Crippen LogP contribution in [0.15, 0.2) is 23.7 Å². The molecule has 3 rings (SSSR count). The van der Waals surface area contributed by atoms with Gasteiger partial charge in [-0.05, 0) is 42.8 Å². The maximum atomic E-state index is 10.2. The van der Waals surface area contributed by atoms with E-state index in [1.165, 1.54) is 23.1 Å². The zero-order valence-electron chi connectivity index (χ0n) is 11.9. The molecular weight excluding hydrogens is 268 g/mol. The second-order valence-corrected chi connectivity index (χ2v) is 6.72. The first kappa shape index (κ1) is 14.0. The molecule has 4 heteroatoms. The quantitative estimate of drug-likeness (QED) is 0.848. The maximum Gasteiger partial charge on any atom is 0.0809 e. The van der Waals surface area contributed by atoms with Gasteiger partial charge in [-0.2, -0.15) is 0 Å². The van der Waals surface area contributed by atoms with E-state index in [1.54, 1.807) is 11.3 Å². The number of hydrogen-bond donors (Lipinski definition) is 2. The summed E-state index contributed by atoms with van der Waals surface area (Å²) in [4.78, 5) is 4.50. The molecule has 0 aromatic carbocycles. The zero-order valence-corrected chi connectivity index (χ0v) is 12.7. The molecule has 1 aliphatic rings. The SMILES string of the molecule is CC(NC1CCCCCC1O)c1cnc2ccsc2c1. The first-order chi connectivity index (χ1) is 9.74. The average molecular weight is 290 g/mol. The lowest BCUT2D eigenvalue weighted by Gasteiger charge is -2.26. The predicted octanol–water partition coefficient (Wildman–Crippen LogP) is 3.64. The minimum absolute atomic E-state index is 0.210. The van der Waals surface area contributed by atoms with Crippen LogP contribution in [0.25, 0.3) is 10.2 Å². The number of aromatic nitrogens is 1. The highest BCUT2D eigenvalue weighted by Gasteiger charge is 2.23. The highest BCUT2D eigenvalue weighted by atomic mass is 32.1. The van der Waals surface area contributed by atoms with E-state index < -0.39 is 0 Å². The summed E-state index contributed by atoms with van der Waals surface area (Å²) in [5.41, 5.74) is 2.27. The van der Waals surface area contributed by atoms with Crippen molar-refractivity contribution in [3.05, 3.63) is 29.3 Å². The van der Waals surface area contributed by atoms with E-state index in [0.29, 0.717) is 0 Å². The summed E-state index contributed by atoms with van der Waals surface area (Å²) < 4.78 is 1.23. The number of aliphatic hydroxyl groups excluding tert-OH is 1. The molecule has 3 atom stereocenters. The molecule has 0 bridgehead atoms. The van der Waals surface area contributed by atoms with Crippen molar-refractivity contribution in [1.82, 2.24) is 10.3 Å². The summed E-state index contributed by atoms with van der Waals surface area (Å²) in [6.45, 7) is 2.16. The van der Waals surface area contributed by atoms with Crippen molar-refractivity contribution >= 4 is 21.6 Å². The number of rotatable bonds is 3. The predicted molar refractivity (Wildman–Crippen MR) is 84.1 cm³/mol. The Kier molecular flexibility index (Phi) is 4.34. The lowest BCUT2D eigenvalue weighted by molar-refractivity contribution is 0.115. The summed E-state index contributed by atoms with van der Waals surface area (Å²) >= 11 is 1.73. The number of nitrogens with one attached hydrogen (secondary N) is 1. The van der Waals surface area contributed by atoms with E-state index in [4.69, 9.17) is 0 Å². The van der Waals surface area contributed by atoms with Gasteiger partial charge in [0.15, 0.2) is 0 Å². The molecule has 0 amide bonds. The fraction of sp³-hybridized carbons (Fsp3) is 0.562. The van der Waals surface area contributed by atoms with Crippen LogP contribution in [0.4, 0.5) is 0 Å². The van der Waals surface area contributed by atoms with Gasteiger partial charge in [-0.3, -0.25) is 4.98 Å². The van der Waals surface area contributed by atoms with Crippen molar-refractivity contribution in [2.45, 2.75) is 57.2 Å². The molecule has 1 fully saturated rings. The van der Waals surface area contributed by atoms with E-state index >= 15 is 0 Å². The highest BCUT2D eigenvalue weighted by molar-refractivity contribution is 7.17. The monoisotopic (exact) mass is 290 g/mol. The average Bonchev–Trinajstić information content (AvgIpc) is 2.83. The van der Waals surface area contributed by atoms with Crippen LogP contribution in [0.5, 0.6) is 0 Å². The Balaban J connectivity index is 1.72. The van der Waals surface area contributed by atoms with Gasteiger partial charge in [0.1, 0.15) is 0 Å². The number of aliphatic hydroxyl groups is 1. The largest absolute Gasteiger partial charge is 0.392 e. The minimum atomic E-state index is -0.210. The lowest BCUT2D eigenvalue weighted by Crippen LogP contribution is -2.40. The summed E-state index contributed by atoms with van der Waals surface area (Å²) in [5, 5.41) is 15.9. The third-order valence-corrected chi connectivity index (χ3v) is 5.12. The fourth-order valence-electron chi connectivity index (χ4n) is 3.00. The van der Waals surface area contributed by atoms with Gasteiger partial charge in [0.2, 0.25) is 0 Å². The first-order valence-corrected chi connectivity index (χ1v) is 8.39. The Bertz CT molecular complexity index is 568. The number of pyridine rings is 1.